The van der Waals surface area contributed by atoms with Crippen LogP contribution >= 0.6 is 0 Å². The first-order chi connectivity index (χ1) is 19.0. The molecule has 212 valence electrons. The average Bonchev–Trinajstić information content (AvgIpc) is 3.07. The summed E-state index contributed by atoms with van der Waals surface area (Å²) in [5.41, 5.74) is 8.40. The van der Waals surface area contributed by atoms with Gasteiger partial charge in [-0.1, -0.05) is 19.9 Å². The Hall–Kier alpha value is -3.86. The second kappa shape index (κ2) is 12.1. The normalized spacial score (nSPS) is 13.4. The number of carbonyl (C=O) groups excluding carboxylic acids is 1. The number of hydrogen-bond donors (Lipinski definition) is 1. The number of nitrogens with two attached hydrogens (primary N) is 1. The van der Waals surface area contributed by atoms with E-state index in [-0.39, 0.29) is 41.6 Å². The maximum atomic E-state index is 15.5. The molecular formula is C29H34FN5O4S. The fourth-order valence-corrected chi connectivity index (χ4v) is 5.46. The summed E-state index contributed by atoms with van der Waals surface area (Å²) < 4.78 is 39.7. The molecule has 3 aromatic rings. The molecule has 1 aliphatic rings. The highest BCUT2D eigenvalue weighted by Gasteiger charge is 2.23. The minimum atomic E-state index is -3.12. The molecule has 1 aliphatic heterocycles. The fourth-order valence-electron chi connectivity index (χ4n) is 4.81. The van der Waals surface area contributed by atoms with Crippen LogP contribution in [0, 0.1) is 5.82 Å². The van der Waals surface area contributed by atoms with Gasteiger partial charge in [-0.25, -0.2) is 22.8 Å². The van der Waals surface area contributed by atoms with Gasteiger partial charge in [0.25, 0.3) is 5.56 Å². The van der Waals surface area contributed by atoms with E-state index in [4.69, 9.17) is 5.73 Å². The van der Waals surface area contributed by atoms with E-state index in [0.29, 0.717) is 52.8 Å². The van der Waals surface area contributed by atoms with Crippen molar-refractivity contribution in [3.63, 3.8) is 0 Å². The lowest BCUT2D eigenvalue weighted by Crippen LogP contribution is -2.34. The number of nitrogens with zero attached hydrogens (tertiary/aromatic N) is 4. The molecule has 2 N–H and O–H groups in total. The van der Waals surface area contributed by atoms with Crippen LogP contribution in [0.2, 0.25) is 0 Å². The van der Waals surface area contributed by atoms with E-state index in [0.717, 1.165) is 19.1 Å². The van der Waals surface area contributed by atoms with Gasteiger partial charge in [0, 0.05) is 43.4 Å². The number of halogens is 1. The molecular weight excluding hydrogens is 533 g/mol. The Morgan fingerprint density at radius 3 is 2.52 bits per heavy atom. The number of benzene rings is 2. The van der Waals surface area contributed by atoms with E-state index in [2.05, 4.69) is 9.98 Å². The average molecular weight is 568 g/mol. The first kappa shape index (κ1) is 29.1. The standard InChI is InChI=1S/C29H34FN5O4S/c1-4-9-34(10-5-2)28(36)21-13-23-24(30)14-20(16-26(23)33-27(31)17-21)19-7-8-22-25(15-19)32-18-35(29(22)37)11-6-12-40(3,38)39/h7-8,13-16,18H,4-6,9-12,17H2,1-3H3,(H2,31,33). The van der Waals surface area contributed by atoms with Crippen molar-refractivity contribution in [3.05, 3.63) is 64.0 Å². The number of rotatable bonds is 10. The van der Waals surface area contributed by atoms with Crippen LogP contribution in [0.4, 0.5) is 10.1 Å². The molecule has 9 nitrogen and oxygen atoms in total. The lowest BCUT2D eigenvalue weighted by molar-refractivity contribution is -0.127. The van der Waals surface area contributed by atoms with E-state index < -0.39 is 15.7 Å². The molecule has 0 unspecified atom stereocenters. The molecule has 0 saturated carbocycles. The van der Waals surface area contributed by atoms with Gasteiger partial charge in [0.05, 0.1) is 28.7 Å². The molecule has 0 aliphatic carbocycles. The van der Waals surface area contributed by atoms with Crippen molar-refractivity contribution in [3.8, 4) is 11.1 Å². The summed E-state index contributed by atoms with van der Waals surface area (Å²) in [6, 6.07) is 8.10. The highest BCUT2D eigenvalue weighted by atomic mass is 32.2. The van der Waals surface area contributed by atoms with Gasteiger partial charge in [0.2, 0.25) is 5.91 Å². The number of aliphatic imine (C=N–C) groups is 1. The topological polar surface area (TPSA) is 128 Å². The van der Waals surface area contributed by atoms with Crippen molar-refractivity contribution in [2.24, 2.45) is 10.7 Å². The van der Waals surface area contributed by atoms with E-state index in [1.807, 2.05) is 13.8 Å². The molecule has 40 heavy (non-hydrogen) atoms. The molecule has 0 spiro atoms. The van der Waals surface area contributed by atoms with Gasteiger partial charge in [0.1, 0.15) is 21.5 Å². The Kier molecular flexibility index (Phi) is 8.82. The second-order valence-corrected chi connectivity index (χ2v) is 12.4. The minimum absolute atomic E-state index is 0.0200. The van der Waals surface area contributed by atoms with Crippen LogP contribution < -0.4 is 11.3 Å². The van der Waals surface area contributed by atoms with Crippen LogP contribution in [0.25, 0.3) is 28.1 Å². The minimum Gasteiger partial charge on any atom is -0.387 e. The number of aryl methyl sites for hydroxylation is 1. The zero-order valence-electron chi connectivity index (χ0n) is 23.0. The Labute approximate surface area is 233 Å². The molecule has 1 aromatic heterocycles. The van der Waals surface area contributed by atoms with Crippen molar-refractivity contribution in [2.45, 2.75) is 46.1 Å². The third-order valence-electron chi connectivity index (χ3n) is 6.68. The molecule has 0 atom stereocenters. The summed E-state index contributed by atoms with van der Waals surface area (Å²) >= 11 is 0. The quantitative estimate of drug-likeness (QED) is 0.394. The van der Waals surface area contributed by atoms with Crippen LogP contribution in [0.5, 0.6) is 0 Å². The number of fused-ring (bicyclic) bond motifs is 2. The first-order valence-electron chi connectivity index (χ1n) is 13.3. The van der Waals surface area contributed by atoms with E-state index >= 15 is 4.39 Å². The second-order valence-electron chi connectivity index (χ2n) is 10.1. The van der Waals surface area contributed by atoms with Crippen molar-refractivity contribution in [2.75, 3.05) is 25.1 Å². The van der Waals surface area contributed by atoms with Crippen molar-refractivity contribution >= 4 is 44.2 Å². The summed E-state index contributed by atoms with van der Waals surface area (Å²) in [4.78, 5) is 36.7. The van der Waals surface area contributed by atoms with Crippen molar-refractivity contribution in [1.29, 1.82) is 0 Å². The van der Waals surface area contributed by atoms with E-state index in [1.54, 1.807) is 35.2 Å². The fraction of sp³-hybridized carbons (Fsp3) is 0.379. The number of amidine groups is 1. The van der Waals surface area contributed by atoms with Crippen LogP contribution in [-0.2, 0) is 21.2 Å². The Morgan fingerprint density at radius 1 is 1.12 bits per heavy atom. The van der Waals surface area contributed by atoms with E-state index in [1.165, 1.54) is 17.0 Å². The number of sulfone groups is 1. The molecule has 2 heterocycles. The molecule has 2 aromatic carbocycles. The maximum Gasteiger partial charge on any atom is 0.261 e. The van der Waals surface area contributed by atoms with Crippen molar-refractivity contribution < 1.29 is 17.6 Å². The summed E-state index contributed by atoms with van der Waals surface area (Å²) in [5.74, 6) is -0.503. The van der Waals surface area contributed by atoms with Gasteiger partial charge in [0.15, 0.2) is 0 Å². The summed E-state index contributed by atoms with van der Waals surface area (Å²) in [5, 5.41) is 0.373. The molecule has 1 amide bonds. The summed E-state index contributed by atoms with van der Waals surface area (Å²) in [7, 11) is -3.12. The van der Waals surface area contributed by atoms with Crippen LogP contribution in [0.1, 0.15) is 45.1 Å². The maximum absolute atomic E-state index is 15.5. The Morgan fingerprint density at radius 2 is 1.85 bits per heavy atom. The molecule has 4 rings (SSSR count). The Balaban J connectivity index is 1.68. The highest BCUT2D eigenvalue weighted by molar-refractivity contribution is 7.90. The van der Waals surface area contributed by atoms with Gasteiger partial charge < -0.3 is 10.6 Å². The van der Waals surface area contributed by atoms with Gasteiger partial charge in [-0.05, 0) is 60.7 Å². The third-order valence-corrected chi connectivity index (χ3v) is 7.71. The molecule has 11 heteroatoms. The predicted octanol–water partition coefficient (Wildman–Crippen LogP) is 4.06. The highest BCUT2D eigenvalue weighted by Crippen LogP contribution is 2.35. The van der Waals surface area contributed by atoms with Crippen LogP contribution in [0.15, 0.2) is 52.0 Å². The Bertz CT molecular complexity index is 1670. The smallest absolute Gasteiger partial charge is 0.261 e. The zero-order valence-corrected chi connectivity index (χ0v) is 23.8. The molecule has 0 saturated heterocycles. The number of hydrogen-bond acceptors (Lipinski definition) is 7. The molecule has 0 radical (unpaired) electrons. The molecule has 0 bridgehead atoms. The lowest BCUT2D eigenvalue weighted by Gasteiger charge is -2.22. The van der Waals surface area contributed by atoms with Gasteiger partial charge in [-0.2, -0.15) is 0 Å². The van der Waals surface area contributed by atoms with E-state index in [9.17, 15) is 18.0 Å². The molecule has 0 fully saturated rings. The number of carbonyl (C=O) groups is 1. The first-order valence-corrected chi connectivity index (χ1v) is 15.4. The largest absolute Gasteiger partial charge is 0.387 e. The van der Waals surface area contributed by atoms with Gasteiger partial charge >= 0.3 is 0 Å². The van der Waals surface area contributed by atoms with Crippen LogP contribution in [0.3, 0.4) is 0 Å². The summed E-state index contributed by atoms with van der Waals surface area (Å²) in [6.45, 7) is 5.46. The van der Waals surface area contributed by atoms with Gasteiger partial charge in [-0.15, -0.1) is 0 Å². The number of amides is 1. The monoisotopic (exact) mass is 567 g/mol. The van der Waals surface area contributed by atoms with Crippen molar-refractivity contribution in [1.82, 2.24) is 14.5 Å². The lowest BCUT2D eigenvalue weighted by atomic mass is 9.99. The summed E-state index contributed by atoms with van der Waals surface area (Å²) in [6.07, 6.45) is 6.16. The van der Waals surface area contributed by atoms with Crippen LogP contribution in [-0.4, -0.2) is 59.7 Å². The number of aromatic nitrogens is 2. The third kappa shape index (κ3) is 6.64. The zero-order chi connectivity index (χ0) is 29.0. The van der Waals surface area contributed by atoms with Gasteiger partial charge in [-0.3, -0.25) is 14.2 Å². The predicted molar refractivity (Wildman–Crippen MR) is 157 cm³/mol. The SMILES string of the molecule is CCCN(CCC)C(=O)C1=Cc2c(F)cc(-c3ccc4c(=O)n(CCCS(C)(=O)=O)cnc4c3)cc2N=C(N)C1.